The smallest absolute Gasteiger partial charge is 0.147 e. The van der Waals surface area contributed by atoms with Gasteiger partial charge in [-0.25, -0.2) is 0 Å². The first-order chi connectivity index (χ1) is 6.24. The molecule has 0 saturated carbocycles. The van der Waals surface area contributed by atoms with Crippen molar-refractivity contribution in [2.24, 2.45) is 0 Å². The van der Waals surface area contributed by atoms with Crippen molar-refractivity contribution < 1.29 is 33.1 Å². The molecule has 0 aromatic heterocycles. The van der Waals surface area contributed by atoms with E-state index < -0.39 is 21.7 Å². The molecular formula is C8H22Cl2HfO4. The van der Waals surface area contributed by atoms with E-state index in [9.17, 15) is 0 Å². The Balaban J connectivity index is -0.000000720. The second-order valence-electron chi connectivity index (χ2n) is 2.23. The molecule has 0 atom stereocenters. The second-order valence-corrected chi connectivity index (χ2v) is 9.97. The van der Waals surface area contributed by atoms with Crippen molar-refractivity contribution in [2.75, 3.05) is 26.4 Å². The van der Waals surface area contributed by atoms with Gasteiger partial charge in [-0.15, -0.1) is 24.8 Å². The summed E-state index contributed by atoms with van der Waals surface area (Å²) < 4.78 is 22.0. The van der Waals surface area contributed by atoms with Crippen LogP contribution in [0.5, 0.6) is 0 Å². The van der Waals surface area contributed by atoms with Gasteiger partial charge in [-0.3, -0.25) is 0 Å². The molecule has 96 valence electrons. The van der Waals surface area contributed by atoms with Crippen LogP contribution in [0.1, 0.15) is 27.7 Å². The molecule has 4 nitrogen and oxygen atoms in total. The van der Waals surface area contributed by atoms with Gasteiger partial charge in [0.15, 0.2) is 0 Å². The average molecular weight is 432 g/mol. The zero-order valence-corrected chi connectivity index (χ0v) is 15.0. The predicted molar refractivity (Wildman–Crippen MR) is 61.0 cm³/mol. The first kappa shape index (κ1) is 21.6. The largest absolute Gasteiger partial charge is 0.147 e. The minimum Gasteiger partial charge on any atom is -0.147 e. The van der Waals surface area contributed by atoms with Crippen molar-refractivity contribution in [2.45, 2.75) is 27.7 Å². The third-order valence-electron chi connectivity index (χ3n) is 1.28. The van der Waals surface area contributed by atoms with Crippen molar-refractivity contribution in [3.63, 3.8) is 0 Å². The van der Waals surface area contributed by atoms with Gasteiger partial charge in [0.1, 0.15) is 0 Å². The van der Waals surface area contributed by atoms with Crippen LogP contribution in [0.15, 0.2) is 0 Å². The SMILES string of the molecule is CC[O][Hf]([O]CC)([O]CC)[O]CC.Cl.Cl. The summed E-state index contributed by atoms with van der Waals surface area (Å²) in [6, 6.07) is 0. The fourth-order valence-corrected chi connectivity index (χ4v) is 7.83. The Morgan fingerprint density at radius 1 is 0.600 bits per heavy atom. The zero-order chi connectivity index (χ0) is 10.2. The van der Waals surface area contributed by atoms with Crippen LogP contribution < -0.4 is 0 Å². The van der Waals surface area contributed by atoms with Crippen LogP contribution in [0.2, 0.25) is 0 Å². The summed E-state index contributed by atoms with van der Waals surface area (Å²) in [5.41, 5.74) is 0. The van der Waals surface area contributed by atoms with Crippen LogP contribution >= 0.6 is 24.8 Å². The quantitative estimate of drug-likeness (QED) is 0.554. The van der Waals surface area contributed by atoms with Crippen LogP contribution in [0, 0.1) is 0 Å². The molecule has 0 fully saturated rings. The summed E-state index contributed by atoms with van der Waals surface area (Å²) in [6.45, 7) is 10.0. The van der Waals surface area contributed by atoms with Gasteiger partial charge in [0.2, 0.25) is 0 Å². The molecule has 0 radical (unpaired) electrons. The molecule has 0 amide bonds. The molecule has 0 rings (SSSR count). The van der Waals surface area contributed by atoms with Crippen LogP contribution in [0.4, 0.5) is 0 Å². The summed E-state index contributed by atoms with van der Waals surface area (Å²) in [4.78, 5) is 0. The number of halogens is 2. The van der Waals surface area contributed by atoms with Crippen molar-refractivity contribution >= 4 is 24.8 Å². The standard InChI is InChI=1S/4C2H5O.2ClH.Hf/c4*1-2-3;;;/h4*2H2,1H3;2*1H;/q4*-1;;;+4. The van der Waals surface area contributed by atoms with Gasteiger partial charge in [-0.2, -0.15) is 0 Å². The summed E-state index contributed by atoms with van der Waals surface area (Å²) in [5.74, 6) is 0. The van der Waals surface area contributed by atoms with Crippen molar-refractivity contribution in [3.8, 4) is 0 Å². The van der Waals surface area contributed by atoms with Crippen LogP contribution in [0.25, 0.3) is 0 Å². The predicted octanol–water partition coefficient (Wildman–Crippen LogP) is 2.79. The first-order valence-corrected chi connectivity index (χ1v) is 10.7. The third kappa shape index (κ3) is 9.03. The van der Waals surface area contributed by atoms with Crippen molar-refractivity contribution in [1.82, 2.24) is 0 Å². The third-order valence-corrected chi connectivity index (χ3v) is 10.5. The van der Waals surface area contributed by atoms with E-state index in [-0.39, 0.29) is 24.8 Å². The van der Waals surface area contributed by atoms with E-state index in [0.29, 0.717) is 26.4 Å². The normalized spacial score (nSPS) is 10.4. The van der Waals surface area contributed by atoms with Crippen LogP contribution in [-0.2, 0) is 33.1 Å². The molecule has 0 aliphatic carbocycles. The Morgan fingerprint density at radius 3 is 0.933 bits per heavy atom. The Labute approximate surface area is 112 Å². The summed E-state index contributed by atoms with van der Waals surface area (Å²) in [7, 11) is 0. The van der Waals surface area contributed by atoms with Gasteiger partial charge >= 0.3 is 87.3 Å². The zero-order valence-electron chi connectivity index (χ0n) is 9.78. The van der Waals surface area contributed by atoms with Crippen molar-refractivity contribution in [1.29, 1.82) is 0 Å². The molecule has 0 saturated heterocycles. The molecule has 15 heavy (non-hydrogen) atoms. The molecule has 0 aliphatic heterocycles. The number of rotatable bonds is 8. The van der Waals surface area contributed by atoms with E-state index in [1.165, 1.54) is 0 Å². The molecule has 0 unspecified atom stereocenters. The van der Waals surface area contributed by atoms with Gasteiger partial charge in [0.25, 0.3) is 0 Å². The molecule has 7 heteroatoms. The number of hydrogen-bond acceptors (Lipinski definition) is 4. The molecule has 0 spiro atoms. The molecular weight excluding hydrogens is 409 g/mol. The minimum atomic E-state index is -3.69. The average Bonchev–Trinajstić information content (AvgIpc) is 2.06. The second kappa shape index (κ2) is 13.4. The van der Waals surface area contributed by atoms with Crippen molar-refractivity contribution in [3.05, 3.63) is 0 Å². The summed E-state index contributed by atoms with van der Waals surface area (Å²) in [6.07, 6.45) is 0. The summed E-state index contributed by atoms with van der Waals surface area (Å²) >= 11 is -3.69. The van der Waals surface area contributed by atoms with E-state index in [2.05, 4.69) is 0 Å². The Morgan fingerprint density at radius 2 is 0.800 bits per heavy atom. The van der Waals surface area contributed by atoms with Crippen LogP contribution in [0.3, 0.4) is 0 Å². The van der Waals surface area contributed by atoms with Gasteiger partial charge < -0.3 is 0 Å². The number of hydrogen-bond donors (Lipinski definition) is 0. The molecule has 0 aliphatic rings. The monoisotopic (exact) mass is 432 g/mol. The van der Waals surface area contributed by atoms with Gasteiger partial charge in [0, 0.05) is 0 Å². The maximum atomic E-state index is 5.51. The molecule has 0 bridgehead atoms. The van der Waals surface area contributed by atoms with E-state index in [0.717, 1.165) is 0 Å². The molecule has 0 aromatic carbocycles. The first-order valence-electron chi connectivity index (χ1n) is 4.80. The molecule has 0 aromatic rings. The van der Waals surface area contributed by atoms with E-state index in [4.69, 9.17) is 11.4 Å². The molecule has 0 heterocycles. The maximum Gasteiger partial charge on any atom is -0.147 e. The Hall–Kier alpha value is 1.29. The van der Waals surface area contributed by atoms with E-state index >= 15 is 0 Å². The van der Waals surface area contributed by atoms with Gasteiger partial charge in [-0.05, 0) is 0 Å². The fourth-order valence-electron chi connectivity index (χ4n) is 0.957. The minimum absolute atomic E-state index is 0. The summed E-state index contributed by atoms with van der Waals surface area (Å²) in [5, 5.41) is 0. The molecule has 0 N–H and O–H groups in total. The van der Waals surface area contributed by atoms with Gasteiger partial charge in [-0.1, -0.05) is 0 Å². The maximum absolute atomic E-state index is 5.51. The van der Waals surface area contributed by atoms with Crippen LogP contribution in [-0.4, -0.2) is 26.4 Å². The van der Waals surface area contributed by atoms with Gasteiger partial charge in [0.05, 0.1) is 0 Å². The Bertz CT molecular complexity index is 99.7. The van der Waals surface area contributed by atoms with E-state index in [1.54, 1.807) is 0 Å². The van der Waals surface area contributed by atoms with E-state index in [1.807, 2.05) is 27.7 Å². The fraction of sp³-hybridized carbons (Fsp3) is 1.00. The topological polar surface area (TPSA) is 36.9 Å². The Kier molecular flexibility index (Phi) is 19.2.